The second-order valence-electron chi connectivity index (χ2n) is 6.37. The summed E-state index contributed by atoms with van der Waals surface area (Å²) in [5.74, 6) is 0.177. The summed E-state index contributed by atoms with van der Waals surface area (Å²) in [4.78, 5) is 39.3. The predicted molar refractivity (Wildman–Crippen MR) is 110 cm³/mol. The van der Waals surface area contributed by atoms with E-state index in [1.165, 1.54) is 11.3 Å². The van der Waals surface area contributed by atoms with Gasteiger partial charge in [-0.25, -0.2) is 4.98 Å². The van der Waals surface area contributed by atoms with E-state index in [-0.39, 0.29) is 30.6 Å². The summed E-state index contributed by atoms with van der Waals surface area (Å²) in [6.45, 7) is 2.98. The molecule has 158 valence electrons. The molecule has 0 aliphatic carbocycles. The first-order valence-electron chi connectivity index (χ1n) is 9.23. The van der Waals surface area contributed by atoms with Crippen LogP contribution in [-0.2, 0) is 20.9 Å². The van der Waals surface area contributed by atoms with Gasteiger partial charge < -0.3 is 15.2 Å². The van der Waals surface area contributed by atoms with Crippen molar-refractivity contribution in [1.29, 1.82) is 0 Å². The number of carbonyl (C=O) groups excluding carboxylic acids is 2. The van der Waals surface area contributed by atoms with Crippen LogP contribution in [0, 0.1) is 5.92 Å². The lowest BCUT2D eigenvalue weighted by atomic mass is 10.1. The molecule has 3 heterocycles. The lowest BCUT2D eigenvalue weighted by molar-refractivity contribution is -0.126. The zero-order chi connectivity index (χ0) is 21.5. The molecular weight excluding hydrogens is 410 g/mol. The Balaban J connectivity index is 0.000000806. The van der Waals surface area contributed by atoms with Crippen LogP contribution in [0.4, 0.5) is 5.13 Å². The Morgan fingerprint density at radius 1 is 1.47 bits per heavy atom. The van der Waals surface area contributed by atoms with Crippen LogP contribution >= 0.6 is 11.3 Å². The minimum Gasteiger partial charge on any atom is -0.494 e. The molecule has 30 heavy (non-hydrogen) atoms. The lowest BCUT2D eigenvalue weighted by Gasteiger charge is -2.12. The summed E-state index contributed by atoms with van der Waals surface area (Å²) in [5.41, 5.74) is 1.64. The first kappa shape index (κ1) is 21.2. The van der Waals surface area contributed by atoms with E-state index in [1.54, 1.807) is 17.2 Å². The number of thiazole rings is 1. The first-order chi connectivity index (χ1) is 14.5. The standard InChI is InChI=1S/C18H19N5O3S.CH2O2/c1-2-26-13-3-4-14-15(8-13)27-18(21-14)23-10-11(7-16(23)24)17(25)19-9-12-5-6-20-22-12;2-1-3/h3-6,8,11H,2,7,9-10H2,1H3,(H,19,25)(H,20,22);1H,(H,2,3). The van der Waals surface area contributed by atoms with Crippen LogP contribution in [0.1, 0.15) is 19.0 Å². The van der Waals surface area contributed by atoms with Gasteiger partial charge in [-0.15, -0.1) is 0 Å². The topological polar surface area (TPSA) is 138 Å². The number of H-pyrrole nitrogens is 1. The van der Waals surface area contributed by atoms with Crippen LogP contribution < -0.4 is 15.0 Å². The molecular formula is C19H21N5O5S. The molecule has 0 spiro atoms. The SMILES string of the molecule is CCOc1ccc2nc(N3CC(C(=O)NCc4ccn[nH]4)CC3=O)sc2c1.O=CO. The smallest absolute Gasteiger partial charge is 0.290 e. The fraction of sp³-hybridized carbons (Fsp3) is 0.316. The van der Waals surface area contributed by atoms with Gasteiger partial charge in [-0.3, -0.25) is 24.4 Å². The van der Waals surface area contributed by atoms with Crippen LogP contribution in [0.3, 0.4) is 0 Å². The average molecular weight is 431 g/mol. The number of amides is 2. The number of carbonyl (C=O) groups is 3. The highest BCUT2D eigenvalue weighted by Crippen LogP contribution is 2.34. The van der Waals surface area contributed by atoms with Gasteiger partial charge in [0.1, 0.15) is 5.75 Å². The zero-order valence-electron chi connectivity index (χ0n) is 16.2. The van der Waals surface area contributed by atoms with Crippen molar-refractivity contribution in [3.8, 4) is 5.75 Å². The zero-order valence-corrected chi connectivity index (χ0v) is 17.0. The van der Waals surface area contributed by atoms with Gasteiger partial charge in [-0.2, -0.15) is 5.10 Å². The molecule has 0 saturated carbocycles. The molecule has 11 heteroatoms. The van der Waals surface area contributed by atoms with E-state index in [2.05, 4.69) is 20.5 Å². The van der Waals surface area contributed by atoms with E-state index in [9.17, 15) is 9.59 Å². The highest BCUT2D eigenvalue weighted by Gasteiger charge is 2.36. The van der Waals surface area contributed by atoms with E-state index in [0.717, 1.165) is 21.7 Å². The summed E-state index contributed by atoms with van der Waals surface area (Å²) in [6, 6.07) is 7.47. The number of aromatic nitrogens is 3. The van der Waals surface area contributed by atoms with Crippen LogP contribution in [0.25, 0.3) is 10.2 Å². The summed E-state index contributed by atoms with van der Waals surface area (Å²) >= 11 is 1.43. The van der Waals surface area contributed by atoms with E-state index in [1.807, 2.05) is 25.1 Å². The maximum absolute atomic E-state index is 12.4. The van der Waals surface area contributed by atoms with Gasteiger partial charge in [-0.05, 0) is 31.2 Å². The predicted octanol–water partition coefficient (Wildman–Crippen LogP) is 1.79. The minimum atomic E-state index is -0.383. The second kappa shape index (κ2) is 9.83. The van der Waals surface area contributed by atoms with Crippen LogP contribution in [0.5, 0.6) is 5.75 Å². The van der Waals surface area contributed by atoms with E-state index < -0.39 is 0 Å². The summed E-state index contributed by atoms with van der Waals surface area (Å²) < 4.78 is 6.47. The van der Waals surface area contributed by atoms with Crippen LogP contribution in [-0.4, -0.2) is 51.7 Å². The van der Waals surface area contributed by atoms with Crippen molar-refractivity contribution in [3.05, 3.63) is 36.2 Å². The second-order valence-corrected chi connectivity index (χ2v) is 7.38. The molecule has 1 unspecified atom stereocenters. The number of carboxylic acid groups (broad SMARTS) is 1. The number of anilines is 1. The molecule has 1 fully saturated rings. The molecule has 1 aliphatic heterocycles. The third kappa shape index (κ3) is 4.92. The molecule has 1 atom stereocenters. The number of nitrogens with zero attached hydrogens (tertiary/aromatic N) is 3. The highest BCUT2D eigenvalue weighted by atomic mass is 32.1. The Hall–Kier alpha value is -3.47. The number of nitrogens with one attached hydrogen (secondary N) is 2. The van der Waals surface area contributed by atoms with Crippen molar-refractivity contribution in [3.63, 3.8) is 0 Å². The highest BCUT2D eigenvalue weighted by molar-refractivity contribution is 7.22. The number of ether oxygens (including phenoxy) is 1. The van der Waals surface area contributed by atoms with Crippen molar-refractivity contribution in [1.82, 2.24) is 20.5 Å². The molecule has 3 aromatic rings. The molecule has 1 saturated heterocycles. The number of benzene rings is 1. The van der Waals surface area contributed by atoms with Crippen molar-refractivity contribution in [2.75, 3.05) is 18.1 Å². The monoisotopic (exact) mass is 431 g/mol. The Labute approximate surface area is 175 Å². The number of rotatable bonds is 6. The third-order valence-electron chi connectivity index (χ3n) is 4.40. The Morgan fingerprint density at radius 2 is 2.27 bits per heavy atom. The summed E-state index contributed by atoms with van der Waals surface area (Å²) in [5, 5.41) is 17.0. The molecule has 1 aliphatic rings. The molecule has 0 radical (unpaired) electrons. The lowest BCUT2D eigenvalue weighted by Crippen LogP contribution is -2.32. The van der Waals surface area contributed by atoms with Crippen molar-refractivity contribution in [2.24, 2.45) is 5.92 Å². The van der Waals surface area contributed by atoms with Crippen molar-refractivity contribution in [2.45, 2.75) is 19.9 Å². The number of hydrogen-bond acceptors (Lipinski definition) is 7. The van der Waals surface area contributed by atoms with E-state index in [4.69, 9.17) is 14.6 Å². The number of aromatic amines is 1. The van der Waals surface area contributed by atoms with Crippen molar-refractivity contribution < 1.29 is 24.2 Å². The Kier molecular flexibility index (Phi) is 6.96. The largest absolute Gasteiger partial charge is 0.494 e. The van der Waals surface area contributed by atoms with E-state index >= 15 is 0 Å². The van der Waals surface area contributed by atoms with Gasteiger partial charge >= 0.3 is 0 Å². The molecule has 0 bridgehead atoms. The number of hydrogen-bond donors (Lipinski definition) is 3. The Morgan fingerprint density at radius 3 is 2.97 bits per heavy atom. The van der Waals surface area contributed by atoms with Gasteiger partial charge in [0.05, 0.1) is 35.0 Å². The van der Waals surface area contributed by atoms with Gasteiger partial charge in [0.15, 0.2) is 5.13 Å². The molecule has 1 aromatic carbocycles. The van der Waals surface area contributed by atoms with Gasteiger partial charge in [0.25, 0.3) is 6.47 Å². The quantitative estimate of drug-likeness (QED) is 0.506. The fourth-order valence-electron chi connectivity index (χ4n) is 3.04. The Bertz CT molecular complexity index is 1020. The summed E-state index contributed by atoms with van der Waals surface area (Å²) in [6.07, 6.45) is 1.82. The maximum atomic E-state index is 12.4. The van der Waals surface area contributed by atoms with Crippen LogP contribution in [0.15, 0.2) is 30.5 Å². The molecule has 10 nitrogen and oxygen atoms in total. The third-order valence-corrected chi connectivity index (χ3v) is 5.44. The summed E-state index contributed by atoms with van der Waals surface area (Å²) in [7, 11) is 0. The molecule has 3 N–H and O–H groups in total. The fourth-order valence-corrected chi connectivity index (χ4v) is 4.06. The van der Waals surface area contributed by atoms with Gasteiger partial charge in [-0.1, -0.05) is 11.3 Å². The van der Waals surface area contributed by atoms with Gasteiger partial charge in [0.2, 0.25) is 11.8 Å². The van der Waals surface area contributed by atoms with Crippen molar-refractivity contribution >= 4 is 45.0 Å². The normalized spacial score (nSPS) is 15.6. The first-order valence-corrected chi connectivity index (χ1v) is 10.0. The molecule has 4 rings (SSSR count). The van der Waals surface area contributed by atoms with Gasteiger partial charge in [0, 0.05) is 19.2 Å². The minimum absolute atomic E-state index is 0.0826. The molecule has 2 amide bonds. The van der Waals surface area contributed by atoms with Crippen LogP contribution in [0.2, 0.25) is 0 Å². The van der Waals surface area contributed by atoms with E-state index in [0.29, 0.717) is 24.8 Å². The maximum Gasteiger partial charge on any atom is 0.290 e. The molecule has 2 aromatic heterocycles. The number of fused-ring (bicyclic) bond motifs is 1. The average Bonchev–Trinajstić information content (AvgIpc) is 3.46.